The highest BCUT2D eigenvalue weighted by Gasteiger charge is 2.07. The third-order valence-corrected chi connectivity index (χ3v) is 2.80. The van der Waals surface area contributed by atoms with Gasteiger partial charge in [0.05, 0.1) is 0 Å². The van der Waals surface area contributed by atoms with Crippen molar-refractivity contribution >= 4 is 0 Å². The lowest BCUT2D eigenvalue weighted by Gasteiger charge is -2.22. The van der Waals surface area contributed by atoms with Gasteiger partial charge in [-0.25, -0.2) is 0 Å². The molecule has 0 amide bonds. The number of nitrogens with zero attached hydrogens (tertiary/aromatic N) is 1. The van der Waals surface area contributed by atoms with Crippen molar-refractivity contribution in [3.8, 4) is 0 Å². The largest absolute Gasteiger partial charge is 0.330 e. The van der Waals surface area contributed by atoms with Crippen molar-refractivity contribution in [3.05, 3.63) is 0 Å². The minimum Gasteiger partial charge on any atom is -0.330 e. The number of nitrogens with two attached hydrogens (primary N) is 1. The fourth-order valence-electron chi connectivity index (χ4n) is 1.67. The average molecular weight is 200 g/mol. The molecule has 0 fully saturated rings. The Balaban J connectivity index is 3.48. The first-order chi connectivity index (χ1) is 6.60. The van der Waals surface area contributed by atoms with Crippen LogP contribution in [-0.2, 0) is 0 Å². The highest BCUT2D eigenvalue weighted by molar-refractivity contribution is 4.63. The predicted molar refractivity (Wildman–Crippen MR) is 64.4 cm³/mol. The molecule has 1 atom stereocenters. The quantitative estimate of drug-likeness (QED) is 0.651. The summed E-state index contributed by atoms with van der Waals surface area (Å²) < 4.78 is 0. The van der Waals surface area contributed by atoms with Crippen molar-refractivity contribution in [3.63, 3.8) is 0 Å². The van der Waals surface area contributed by atoms with Crippen LogP contribution in [0.5, 0.6) is 0 Å². The second-order valence-electron chi connectivity index (χ2n) is 4.81. The van der Waals surface area contributed by atoms with E-state index in [9.17, 15) is 0 Å². The van der Waals surface area contributed by atoms with Gasteiger partial charge in [0.1, 0.15) is 0 Å². The third-order valence-electron chi connectivity index (χ3n) is 2.80. The van der Waals surface area contributed by atoms with Crippen molar-refractivity contribution in [2.24, 2.45) is 17.6 Å². The van der Waals surface area contributed by atoms with E-state index in [1.165, 1.54) is 25.8 Å². The van der Waals surface area contributed by atoms with Gasteiger partial charge in [-0.2, -0.15) is 0 Å². The molecule has 2 heteroatoms. The van der Waals surface area contributed by atoms with E-state index in [2.05, 4.69) is 32.7 Å². The molecule has 86 valence electrons. The van der Waals surface area contributed by atoms with Gasteiger partial charge >= 0.3 is 0 Å². The minimum atomic E-state index is 0.680. The third kappa shape index (κ3) is 7.34. The van der Waals surface area contributed by atoms with Gasteiger partial charge in [-0.3, -0.25) is 0 Å². The lowest BCUT2D eigenvalue weighted by molar-refractivity contribution is 0.265. The molecule has 0 rings (SSSR count). The normalized spacial score (nSPS) is 13.9. The van der Waals surface area contributed by atoms with Gasteiger partial charge in [0.2, 0.25) is 0 Å². The van der Waals surface area contributed by atoms with Crippen LogP contribution in [0.3, 0.4) is 0 Å². The smallest absolute Gasteiger partial charge is 0.00186 e. The van der Waals surface area contributed by atoms with Crippen molar-refractivity contribution in [2.45, 2.75) is 40.0 Å². The monoisotopic (exact) mass is 200 g/mol. The molecule has 0 saturated heterocycles. The molecule has 0 aliphatic carbocycles. The van der Waals surface area contributed by atoms with E-state index in [0.717, 1.165) is 19.0 Å². The minimum absolute atomic E-state index is 0.680. The van der Waals surface area contributed by atoms with Gasteiger partial charge in [-0.1, -0.05) is 27.2 Å². The van der Waals surface area contributed by atoms with Gasteiger partial charge in [0, 0.05) is 6.54 Å². The number of rotatable bonds is 8. The Kier molecular flexibility index (Phi) is 8.20. The van der Waals surface area contributed by atoms with Crippen molar-refractivity contribution in [2.75, 3.05) is 26.7 Å². The fourth-order valence-corrected chi connectivity index (χ4v) is 1.67. The topological polar surface area (TPSA) is 29.3 Å². The summed E-state index contributed by atoms with van der Waals surface area (Å²) in [5.74, 6) is 1.51. The molecule has 14 heavy (non-hydrogen) atoms. The van der Waals surface area contributed by atoms with E-state index in [-0.39, 0.29) is 0 Å². The first kappa shape index (κ1) is 13.9. The van der Waals surface area contributed by atoms with Crippen molar-refractivity contribution < 1.29 is 0 Å². The summed E-state index contributed by atoms with van der Waals surface area (Å²) in [6.07, 6.45) is 3.85. The van der Waals surface area contributed by atoms with Crippen LogP contribution in [0.1, 0.15) is 40.0 Å². The van der Waals surface area contributed by atoms with Gasteiger partial charge in [-0.15, -0.1) is 0 Å². The highest BCUT2D eigenvalue weighted by atomic mass is 15.1. The van der Waals surface area contributed by atoms with Gasteiger partial charge < -0.3 is 10.6 Å². The molecule has 0 heterocycles. The molecule has 0 saturated carbocycles. The Morgan fingerprint density at radius 3 is 2.36 bits per heavy atom. The lowest BCUT2D eigenvalue weighted by Crippen LogP contribution is -2.30. The maximum absolute atomic E-state index is 5.68. The summed E-state index contributed by atoms with van der Waals surface area (Å²) in [6.45, 7) is 9.99. The van der Waals surface area contributed by atoms with Crippen LogP contribution in [0.2, 0.25) is 0 Å². The second-order valence-corrected chi connectivity index (χ2v) is 4.81. The van der Waals surface area contributed by atoms with Crippen LogP contribution < -0.4 is 5.73 Å². The molecule has 2 nitrogen and oxygen atoms in total. The Bertz CT molecular complexity index is 119. The summed E-state index contributed by atoms with van der Waals surface area (Å²) in [7, 11) is 2.21. The van der Waals surface area contributed by atoms with E-state index >= 15 is 0 Å². The van der Waals surface area contributed by atoms with E-state index < -0.39 is 0 Å². The first-order valence-corrected chi connectivity index (χ1v) is 5.98. The van der Waals surface area contributed by atoms with Crippen LogP contribution >= 0.6 is 0 Å². The summed E-state index contributed by atoms with van der Waals surface area (Å²) in [5.41, 5.74) is 5.68. The Morgan fingerprint density at radius 1 is 1.29 bits per heavy atom. The molecule has 1 unspecified atom stereocenters. The van der Waals surface area contributed by atoms with Crippen molar-refractivity contribution in [1.29, 1.82) is 0 Å². The second kappa shape index (κ2) is 8.25. The number of hydrogen-bond acceptors (Lipinski definition) is 2. The molecular weight excluding hydrogens is 172 g/mol. The van der Waals surface area contributed by atoms with E-state index in [0.29, 0.717) is 5.92 Å². The zero-order valence-electron chi connectivity index (χ0n) is 10.4. The summed E-state index contributed by atoms with van der Waals surface area (Å²) in [6, 6.07) is 0. The lowest BCUT2D eigenvalue weighted by atomic mass is 10.1. The SMILES string of the molecule is CCC(CN)CN(C)CCCC(C)C. The average Bonchev–Trinajstić information content (AvgIpc) is 2.13. The molecule has 0 aliphatic rings. The highest BCUT2D eigenvalue weighted by Crippen LogP contribution is 2.06. The summed E-state index contributed by atoms with van der Waals surface area (Å²) in [5, 5.41) is 0. The van der Waals surface area contributed by atoms with Crippen molar-refractivity contribution in [1.82, 2.24) is 4.90 Å². The standard InChI is InChI=1S/C12H28N2/c1-5-12(9-13)10-14(4)8-6-7-11(2)3/h11-12H,5-10,13H2,1-4H3. The molecule has 0 radical (unpaired) electrons. The van der Waals surface area contributed by atoms with Crippen LogP contribution in [0.25, 0.3) is 0 Å². The summed E-state index contributed by atoms with van der Waals surface area (Å²) >= 11 is 0. The van der Waals surface area contributed by atoms with Crippen LogP contribution in [0.15, 0.2) is 0 Å². The van der Waals surface area contributed by atoms with E-state index in [1.54, 1.807) is 0 Å². The van der Waals surface area contributed by atoms with Crippen LogP contribution in [0.4, 0.5) is 0 Å². The van der Waals surface area contributed by atoms with Gasteiger partial charge in [0.15, 0.2) is 0 Å². The molecule has 0 aromatic carbocycles. The molecule has 0 spiro atoms. The van der Waals surface area contributed by atoms with E-state index in [1.807, 2.05) is 0 Å². The first-order valence-electron chi connectivity index (χ1n) is 5.98. The summed E-state index contributed by atoms with van der Waals surface area (Å²) in [4.78, 5) is 2.42. The van der Waals surface area contributed by atoms with Gasteiger partial charge in [0.25, 0.3) is 0 Å². The molecule has 0 aromatic rings. The maximum atomic E-state index is 5.68. The Labute approximate surface area is 89.9 Å². The molecule has 2 N–H and O–H groups in total. The molecule has 0 aromatic heterocycles. The fraction of sp³-hybridized carbons (Fsp3) is 1.00. The van der Waals surface area contributed by atoms with Gasteiger partial charge in [-0.05, 0) is 44.8 Å². The molecule has 0 aliphatic heterocycles. The van der Waals surface area contributed by atoms with Crippen LogP contribution in [0, 0.1) is 11.8 Å². The molecular formula is C12H28N2. The number of hydrogen-bond donors (Lipinski definition) is 1. The Hall–Kier alpha value is -0.0800. The molecule has 0 bridgehead atoms. The Morgan fingerprint density at radius 2 is 1.93 bits per heavy atom. The van der Waals surface area contributed by atoms with Crippen LogP contribution in [-0.4, -0.2) is 31.6 Å². The maximum Gasteiger partial charge on any atom is 0.00186 e. The predicted octanol–water partition coefficient (Wildman–Crippen LogP) is 2.34. The zero-order valence-corrected chi connectivity index (χ0v) is 10.4. The van der Waals surface area contributed by atoms with E-state index in [4.69, 9.17) is 5.73 Å². The zero-order chi connectivity index (χ0) is 11.0.